The molecular weight excluding hydrogens is 434 g/mol. The van der Waals surface area contributed by atoms with Gasteiger partial charge in [0.25, 0.3) is 10.0 Å². The van der Waals surface area contributed by atoms with Crippen LogP contribution in [0.15, 0.2) is 16.3 Å². The third kappa shape index (κ3) is 7.25. The van der Waals surface area contributed by atoms with Gasteiger partial charge in [-0.2, -0.15) is 4.31 Å². The molecule has 0 atom stereocenters. The summed E-state index contributed by atoms with van der Waals surface area (Å²) in [4.78, 5) is 18.2. The molecule has 1 amide bonds. The lowest BCUT2D eigenvalue weighted by Gasteiger charge is -2.30. The average Bonchev–Trinajstić information content (AvgIpc) is 3.47. The Morgan fingerprint density at radius 3 is 2.52 bits per heavy atom. The van der Waals surface area contributed by atoms with Gasteiger partial charge in [-0.3, -0.25) is 9.69 Å². The van der Waals surface area contributed by atoms with Gasteiger partial charge in [-0.25, -0.2) is 8.42 Å². The molecule has 0 radical (unpaired) electrons. The van der Waals surface area contributed by atoms with Crippen molar-refractivity contribution in [2.45, 2.75) is 56.1 Å². The smallest absolute Gasteiger partial charge is 0.252 e. The van der Waals surface area contributed by atoms with E-state index in [4.69, 9.17) is 4.74 Å². The topological polar surface area (TPSA) is 70.2 Å². The van der Waals surface area contributed by atoms with Gasteiger partial charge in [-0.05, 0) is 31.4 Å². The highest BCUT2D eigenvalue weighted by molar-refractivity contribution is 7.91. The number of ether oxygens (including phenoxy) is 1. The molecule has 3 heterocycles. The van der Waals surface area contributed by atoms with Crippen molar-refractivity contribution in [1.29, 1.82) is 0 Å². The molecule has 0 unspecified atom stereocenters. The Balaban J connectivity index is 1.58. The van der Waals surface area contributed by atoms with Crippen molar-refractivity contribution in [3.63, 3.8) is 0 Å². The number of unbranched alkanes of at least 4 members (excludes halogenated alkanes) is 3. The zero-order valence-electron chi connectivity index (χ0n) is 18.8. The van der Waals surface area contributed by atoms with E-state index in [2.05, 4.69) is 11.8 Å². The van der Waals surface area contributed by atoms with Crippen molar-refractivity contribution >= 4 is 27.3 Å². The van der Waals surface area contributed by atoms with Gasteiger partial charge in [-0.1, -0.05) is 26.2 Å². The number of sulfonamides is 1. The predicted octanol–water partition coefficient (Wildman–Crippen LogP) is 2.82. The van der Waals surface area contributed by atoms with E-state index in [0.29, 0.717) is 17.3 Å². The molecule has 2 fully saturated rings. The van der Waals surface area contributed by atoms with Crippen LogP contribution in [0.3, 0.4) is 0 Å². The quantitative estimate of drug-likeness (QED) is 0.439. The van der Waals surface area contributed by atoms with Gasteiger partial charge >= 0.3 is 0 Å². The fourth-order valence-corrected chi connectivity index (χ4v) is 7.10. The summed E-state index contributed by atoms with van der Waals surface area (Å²) in [6.07, 6.45) is 6.63. The van der Waals surface area contributed by atoms with Gasteiger partial charge in [0, 0.05) is 50.7 Å². The summed E-state index contributed by atoms with van der Waals surface area (Å²) in [6.45, 7) is 9.09. The maximum absolute atomic E-state index is 13.1. The van der Waals surface area contributed by atoms with Crippen molar-refractivity contribution in [1.82, 2.24) is 14.1 Å². The maximum Gasteiger partial charge on any atom is 0.252 e. The van der Waals surface area contributed by atoms with Gasteiger partial charge in [0.05, 0.1) is 19.6 Å². The maximum atomic E-state index is 13.1. The van der Waals surface area contributed by atoms with Crippen LogP contribution >= 0.6 is 11.3 Å². The van der Waals surface area contributed by atoms with Crippen LogP contribution < -0.4 is 0 Å². The van der Waals surface area contributed by atoms with Crippen LogP contribution in [0.4, 0.5) is 0 Å². The molecule has 3 rings (SSSR count). The highest BCUT2D eigenvalue weighted by atomic mass is 32.2. The molecule has 0 N–H and O–H groups in total. The molecule has 0 aliphatic carbocycles. The fraction of sp³-hybridized carbons (Fsp3) is 0.773. The number of hydrogen-bond donors (Lipinski definition) is 0. The molecule has 7 nitrogen and oxygen atoms in total. The van der Waals surface area contributed by atoms with E-state index in [1.54, 1.807) is 10.4 Å². The molecule has 31 heavy (non-hydrogen) atoms. The monoisotopic (exact) mass is 471 g/mol. The fourth-order valence-electron chi connectivity index (χ4n) is 4.09. The van der Waals surface area contributed by atoms with Crippen molar-refractivity contribution in [2.75, 3.05) is 59.0 Å². The van der Waals surface area contributed by atoms with Crippen molar-refractivity contribution in [3.8, 4) is 0 Å². The first-order valence-corrected chi connectivity index (χ1v) is 13.9. The van der Waals surface area contributed by atoms with E-state index < -0.39 is 10.0 Å². The summed E-state index contributed by atoms with van der Waals surface area (Å²) in [5, 5.41) is 0. The van der Waals surface area contributed by atoms with E-state index in [9.17, 15) is 13.2 Å². The molecule has 0 spiro atoms. The van der Waals surface area contributed by atoms with Crippen LogP contribution in [-0.4, -0.2) is 87.5 Å². The number of hydrogen-bond acceptors (Lipinski definition) is 6. The van der Waals surface area contributed by atoms with E-state index in [-0.39, 0.29) is 12.3 Å². The van der Waals surface area contributed by atoms with Crippen LogP contribution in [-0.2, 0) is 26.0 Å². The van der Waals surface area contributed by atoms with Crippen LogP contribution in [0.2, 0.25) is 0 Å². The Bertz CT molecular complexity index is 784. The molecule has 0 bridgehead atoms. The first-order chi connectivity index (χ1) is 15.0. The zero-order chi connectivity index (χ0) is 22.1. The Kier molecular flexibility index (Phi) is 9.77. The molecule has 2 saturated heterocycles. The molecule has 0 aromatic carbocycles. The summed E-state index contributed by atoms with van der Waals surface area (Å²) in [6, 6.07) is 3.48. The molecule has 1 aromatic heterocycles. The lowest BCUT2D eigenvalue weighted by molar-refractivity contribution is -0.130. The second-order valence-electron chi connectivity index (χ2n) is 8.40. The first-order valence-electron chi connectivity index (χ1n) is 11.7. The minimum absolute atomic E-state index is 0.0942. The second-order valence-corrected chi connectivity index (χ2v) is 11.7. The predicted molar refractivity (Wildman–Crippen MR) is 124 cm³/mol. The molecule has 1 aromatic rings. The standard InChI is InChI=1S/C22H37N3O4S2/c1-2-3-4-5-10-24(14-13-23-15-17-29-18-16-23)21(26)19-20-8-9-22(30-20)31(27,28)25-11-6-7-12-25/h8-9H,2-7,10-19H2,1H3. The molecule has 176 valence electrons. The highest BCUT2D eigenvalue weighted by Gasteiger charge is 2.29. The van der Waals surface area contributed by atoms with Crippen LogP contribution in [0.5, 0.6) is 0 Å². The first kappa shape index (κ1) is 24.6. The molecular formula is C22H37N3O4S2. The van der Waals surface area contributed by atoms with Crippen molar-refractivity contribution < 1.29 is 17.9 Å². The number of carbonyl (C=O) groups excluding carboxylic acids is 1. The average molecular weight is 472 g/mol. The van der Waals surface area contributed by atoms with E-state index >= 15 is 0 Å². The summed E-state index contributed by atoms with van der Waals surface area (Å²) in [5.41, 5.74) is 0. The second kappa shape index (κ2) is 12.3. The molecule has 9 heteroatoms. The summed E-state index contributed by atoms with van der Waals surface area (Å²) in [5.74, 6) is 0.0942. The Labute approximate surface area is 191 Å². The number of morpholine rings is 1. The van der Waals surface area contributed by atoms with Crippen LogP contribution in [0, 0.1) is 0 Å². The van der Waals surface area contributed by atoms with E-state index in [1.165, 1.54) is 24.2 Å². The summed E-state index contributed by atoms with van der Waals surface area (Å²) >= 11 is 1.25. The van der Waals surface area contributed by atoms with Crippen LogP contribution in [0.1, 0.15) is 50.3 Å². The third-order valence-electron chi connectivity index (χ3n) is 6.05. The van der Waals surface area contributed by atoms with Gasteiger partial charge in [-0.15, -0.1) is 11.3 Å². The molecule has 2 aliphatic rings. The normalized spacial score (nSPS) is 18.5. The Hall–Kier alpha value is -1.00. The number of nitrogens with zero attached hydrogens (tertiary/aromatic N) is 3. The van der Waals surface area contributed by atoms with Crippen molar-refractivity contribution in [3.05, 3.63) is 17.0 Å². The van der Waals surface area contributed by atoms with E-state index in [1.807, 2.05) is 11.0 Å². The third-order valence-corrected chi connectivity index (χ3v) is 9.50. The SMILES string of the molecule is CCCCCCN(CCN1CCOCC1)C(=O)Cc1ccc(S(=O)(=O)N2CCCC2)s1. The number of rotatable bonds is 12. The Morgan fingerprint density at radius 1 is 1.06 bits per heavy atom. The van der Waals surface area contributed by atoms with Crippen LogP contribution in [0.25, 0.3) is 0 Å². The molecule has 2 aliphatic heterocycles. The largest absolute Gasteiger partial charge is 0.379 e. The number of thiophene rings is 1. The summed E-state index contributed by atoms with van der Waals surface area (Å²) < 4.78 is 32.9. The lowest BCUT2D eigenvalue weighted by Crippen LogP contribution is -2.43. The summed E-state index contributed by atoms with van der Waals surface area (Å²) in [7, 11) is -3.41. The number of carbonyl (C=O) groups is 1. The highest BCUT2D eigenvalue weighted by Crippen LogP contribution is 2.28. The van der Waals surface area contributed by atoms with Gasteiger partial charge < -0.3 is 9.64 Å². The minimum atomic E-state index is -3.41. The van der Waals surface area contributed by atoms with Gasteiger partial charge in [0.2, 0.25) is 5.91 Å². The minimum Gasteiger partial charge on any atom is -0.379 e. The zero-order valence-corrected chi connectivity index (χ0v) is 20.4. The van der Waals surface area contributed by atoms with Gasteiger partial charge in [0.15, 0.2) is 0 Å². The number of amides is 1. The van der Waals surface area contributed by atoms with E-state index in [0.717, 1.165) is 76.5 Å². The van der Waals surface area contributed by atoms with Crippen molar-refractivity contribution in [2.24, 2.45) is 0 Å². The molecule has 0 saturated carbocycles. The van der Waals surface area contributed by atoms with Gasteiger partial charge in [0.1, 0.15) is 4.21 Å². The Morgan fingerprint density at radius 2 is 1.81 bits per heavy atom. The lowest BCUT2D eigenvalue weighted by atomic mass is 10.2.